The summed E-state index contributed by atoms with van der Waals surface area (Å²) in [5.74, 6) is -0.507. The monoisotopic (exact) mass is 289 g/mol. The van der Waals surface area contributed by atoms with Crippen LogP contribution in [-0.4, -0.2) is 16.1 Å². The third-order valence-electron chi connectivity index (χ3n) is 4.15. The van der Waals surface area contributed by atoms with Crippen molar-refractivity contribution in [2.45, 2.75) is 38.5 Å². The number of halogens is 1. The van der Waals surface area contributed by atoms with E-state index in [2.05, 4.69) is 6.92 Å². The summed E-state index contributed by atoms with van der Waals surface area (Å²) in [7, 11) is 0. The number of aromatic carboxylic acids is 1. The van der Waals surface area contributed by atoms with Gasteiger partial charge in [-0.05, 0) is 43.4 Å². The fraction of sp³-hybridized carbons (Fsp3) is 0.375. The van der Waals surface area contributed by atoms with E-state index in [0.717, 1.165) is 36.9 Å². The number of nitrogens with zero attached hydrogens (tertiary/aromatic N) is 1. The fourth-order valence-corrected chi connectivity index (χ4v) is 3.36. The number of pyridine rings is 1. The maximum absolute atomic E-state index is 11.7. The summed E-state index contributed by atoms with van der Waals surface area (Å²) in [5.41, 5.74) is 2.99. The average Bonchev–Trinajstić information content (AvgIpc) is 2.43. The molecule has 1 aliphatic rings. The summed E-state index contributed by atoms with van der Waals surface area (Å²) in [6, 6.07) is 5.25. The van der Waals surface area contributed by atoms with Gasteiger partial charge in [0.05, 0.1) is 11.1 Å². The molecule has 3 rings (SSSR count). The van der Waals surface area contributed by atoms with Crippen LogP contribution in [0.2, 0.25) is 5.02 Å². The zero-order chi connectivity index (χ0) is 14.3. The SMILES string of the molecule is CCC1CCCc2c1nc1cc(Cl)ccc1c2C(=O)O. The van der Waals surface area contributed by atoms with E-state index >= 15 is 0 Å². The van der Waals surface area contributed by atoms with Crippen LogP contribution in [0.3, 0.4) is 0 Å². The molecule has 1 heterocycles. The summed E-state index contributed by atoms with van der Waals surface area (Å²) in [4.78, 5) is 16.4. The molecule has 1 aliphatic carbocycles. The highest BCUT2D eigenvalue weighted by Crippen LogP contribution is 2.37. The largest absolute Gasteiger partial charge is 0.478 e. The van der Waals surface area contributed by atoms with Crippen molar-refractivity contribution < 1.29 is 9.90 Å². The molecule has 20 heavy (non-hydrogen) atoms. The van der Waals surface area contributed by atoms with Crippen LogP contribution in [0, 0.1) is 0 Å². The second-order valence-electron chi connectivity index (χ2n) is 5.31. The zero-order valence-electron chi connectivity index (χ0n) is 11.3. The molecule has 0 amide bonds. The van der Waals surface area contributed by atoms with Gasteiger partial charge in [0.15, 0.2) is 0 Å². The van der Waals surface area contributed by atoms with Gasteiger partial charge in [-0.15, -0.1) is 0 Å². The lowest BCUT2D eigenvalue weighted by Crippen LogP contribution is -2.16. The van der Waals surface area contributed by atoms with Crippen molar-refractivity contribution in [1.29, 1.82) is 0 Å². The number of hydrogen-bond acceptors (Lipinski definition) is 2. The molecule has 0 saturated carbocycles. The number of carbonyl (C=O) groups is 1. The topological polar surface area (TPSA) is 50.2 Å². The fourth-order valence-electron chi connectivity index (χ4n) is 3.19. The smallest absolute Gasteiger partial charge is 0.336 e. The van der Waals surface area contributed by atoms with Gasteiger partial charge in [-0.3, -0.25) is 4.98 Å². The first-order valence-electron chi connectivity index (χ1n) is 6.97. The van der Waals surface area contributed by atoms with Crippen molar-refractivity contribution in [3.8, 4) is 0 Å². The van der Waals surface area contributed by atoms with Crippen LogP contribution in [0.15, 0.2) is 18.2 Å². The molecule has 0 bridgehead atoms. The third-order valence-corrected chi connectivity index (χ3v) is 4.39. The molecular formula is C16H16ClNO2. The van der Waals surface area contributed by atoms with Gasteiger partial charge >= 0.3 is 5.97 Å². The molecule has 0 saturated heterocycles. The maximum Gasteiger partial charge on any atom is 0.336 e. The highest BCUT2D eigenvalue weighted by atomic mass is 35.5. The van der Waals surface area contributed by atoms with Crippen LogP contribution >= 0.6 is 11.6 Å². The molecule has 1 atom stereocenters. The molecule has 3 nitrogen and oxygen atoms in total. The van der Waals surface area contributed by atoms with Gasteiger partial charge in [-0.2, -0.15) is 0 Å². The predicted octanol–water partition coefficient (Wildman–Crippen LogP) is 4.42. The van der Waals surface area contributed by atoms with E-state index in [1.165, 1.54) is 0 Å². The zero-order valence-corrected chi connectivity index (χ0v) is 12.1. The molecule has 1 aromatic heterocycles. The van der Waals surface area contributed by atoms with E-state index in [9.17, 15) is 9.90 Å². The Bertz CT molecular complexity index is 696. The lowest BCUT2D eigenvalue weighted by molar-refractivity contribution is 0.0697. The standard InChI is InChI=1S/C16H16ClNO2/c1-2-9-4-3-5-12-14(16(19)20)11-7-6-10(17)8-13(11)18-15(9)12/h6-9H,2-5H2,1H3,(H,19,20). The molecular weight excluding hydrogens is 274 g/mol. The minimum absolute atomic E-state index is 0.361. The number of aromatic nitrogens is 1. The summed E-state index contributed by atoms with van der Waals surface area (Å²) in [5, 5.41) is 10.9. The maximum atomic E-state index is 11.7. The van der Waals surface area contributed by atoms with E-state index < -0.39 is 5.97 Å². The van der Waals surface area contributed by atoms with Crippen LogP contribution in [0.4, 0.5) is 0 Å². The highest BCUT2D eigenvalue weighted by molar-refractivity contribution is 6.31. The van der Waals surface area contributed by atoms with Crippen LogP contribution in [0.1, 0.15) is 53.7 Å². The van der Waals surface area contributed by atoms with Crippen molar-refractivity contribution in [2.24, 2.45) is 0 Å². The first kappa shape index (κ1) is 13.4. The van der Waals surface area contributed by atoms with Crippen LogP contribution < -0.4 is 0 Å². The molecule has 1 unspecified atom stereocenters. The number of benzene rings is 1. The molecule has 104 valence electrons. The van der Waals surface area contributed by atoms with E-state index in [1.54, 1.807) is 18.2 Å². The van der Waals surface area contributed by atoms with Crippen molar-refractivity contribution in [1.82, 2.24) is 4.98 Å². The normalized spacial score (nSPS) is 18.0. The van der Waals surface area contributed by atoms with Gasteiger partial charge in [-0.1, -0.05) is 24.6 Å². The van der Waals surface area contributed by atoms with Crippen LogP contribution in [-0.2, 0) is 6.42 Å². The quantitative estimate of drug-likeness (QED) is 0.890. The Balaban J connectivity index is 2.38. The van der Waals surface area contributed by atoms with Crippen molar-refractivity contribution in [2.75, 3.05) is 0 Å². The van der Waals surface area contributed by atoms with E-state index in [1.807, 2.05) is 0 Å². The van der Waals surface area contributed by atoms with Gasteiger partial charge in [-0.25, -0.2) is 4.79 Å². The summed E-state index contributed by atoms with van der Waals surface area (Å²) in [6.45, 7) is 2.13. The Morgan fingerprint density at radius 2 is 2.30 bits per heavy atom. The minimum atomic E-state index is -0.868. The van der Waals surface area contributed by atoms with Crippen molar-refractivity contribution >= 4 is 28.5 Å². The lowest BCUT2D eigenvalue weighted by Gasteiger charge is -2.25. The van der Waals surface area contributed by atoms with Crippen molar-refractivity contribution in [3.63, 3.8) is 0 Å². The van der Waals surface area contributed by atoms with Gasteiger partial charge < -0.3 is 5.11 Å². The highest BCUT2D eigenvalue weighted by Gasteiger charge is 2.27. The molecule has 1 N–H and O–H groups in total. The van der Waals surface area contributed by atoms with Gasteiger partial charge in [0.2, 0.25) is 0 Å². The molecule has 4 heteroatoms. The molecule has 2 aromatic rings. The van der Waals surface area contributed by atoms with E-state index in [-0.39, 0.29) is 0 Å². The molecule has 0 aliphatic heterocycles. The average molecular weight is 290 g/mol. The van der Waals surface area contributed by atoms with Gasteiger partial charge in [0.25, 0.3) is 0 Å². The second kappa shape index (κ2) is 5.06. The lowest BCUT2D eigenvalue weighted by atomic mass is 9.82. The number of hydrogen-bond donors (Lipinski definition) is 1. The van der Waals surface area contributed by atoms with Gasteiger partial charge in [0, 0.05) is 22.0 Å². The Labute approximate surface area is 122 Å². The van der Waals surface area contributed by atoms with Crippen molar-refractivity contribution in [3.05, 3.63) is 40.0 Å². The van der Waals surface area contributed by atoms with E-state index in [0.29, 0.717) is 27.4 Å². The third kappa shape index (κ3) is 2.06. The number of carboxylic acid groups (broad SMARTS) is 1. The first-order chi connectivity index (χ1) is 9.61. The van der Waals surface area contributed by atoms with Gasteiger partial charge in [0.1, 0.15) is 0 Å². The van der Waals surface area contributed by atoms with E-state index in [4.69, 9.17) is 16.6 Å². The second-order valence-corrected chi connectivity index (χ2v) is 5.75. The molecule has 0 radical (unpaired) electrons. The number of fused-ring (bicyclic) bond motifs is 2. The van der Waals surface area contributed by atoms with Crippen LogP contribution in [0.25, 0.3) is 10.9 Å². The molecule has 0 fully saturated rings. The Hall–Kier alpha value is -1.61. The van der Waals surface area contributed by atoms with Crippen LogP contribution in [0.5, 0.6) is 0 Å². The summed E-state index contributed by atoms with van der Waals surface area (Å²) < 4.78 is 0. The summed E-state index contributed by atoms with van der Waals surface area (Å²) in [6.07, 6.45) is 3.92. The molecule has 1 aromatic carbocycles. The predicted molar refractivity (Wildman–Crippen MR) is 79.7 cm³/mol. The minimum Gasteiger partial charge on any atom is -0.478 e. The molecule has 0 spiro atoms. The Kier molecular flexibility index (Phi) is 3.38. The Morgan fingerprint density at radius 3 is 3.00 bits per heavy atom. The summed E-state index contributed by atoms with van der Waals surface area (Å²) >= 11 is 6.02. The number of carboxylic acids is 1. The number of rotatable bonds is 2. The Morgan fingerprint density at radius 1 is 1.50 bits per heavy atom. The first-order valence-corrected chi connectivity index (χ1v) is 7.35.